The Morgan fingerprint density at radius 2 is 1.81 bits per heavy atom. The van der Waals surface area contributed by atoms with E-state index in [0.717, 1.165) is 17.6 Å². The highest BCUT2D eigenvalue weighted by Gasteiger charge is 2.31. The van der Waals surface area contributed by atoms with Crippen LogP contribution >= 0.6 is 0 Å². The van der Waals surface area contributed by atoms with Crippen LogP contribution in [0.3, 0.4) is 0 Å². The summed E-state index contributed by atoms with van der Waals surface area (Å²) in [5.41, 5.74) is 2.68. The zero-order valence-electron chi connectivity index (χ0n) is 13.6. The Morgan fingerprint density at radius 1 is 1.19 bits per heavy atom. The Bertz CT molecular complexity index is 466. The molecular formula is C18H28N2O. The normalized spacial score (nSPS) is 19.4. The quantitative estimate of drug-likeness (QED) is 0.791. The van der Waals surface area contributed by atoms with Gasteiger partial charge in [0.05, 0.1) is 7.11 Å². The van der Waals surface area contributed by atoms with Crippen molar-refractivity contribution in [1.29, 1.82) is 0 Å². The van der Waals surface area contributed by atoms with Crippen molar-refractivity contribution in [2.75, 3.05) is 32.1 Å². The molecule has 0 aromatic heterocycles. The Labute approximate surface area is 128 Å². The lowest BCUT2D eigenvalue weighted by molar-refractivity contribution is 0.403. The van der Waals surface area contributed by atoms with Crippen molar-refractivity contribution < 1.29 is 4.74 Å². The highest BCUT2D eigenvalue weighted by atomic mass is 16.5. The molecular weight excluding hydrogens is 260 g/mol. The maximum absolute atomic E-state index is 5.63. The molecule has 0 saturated heterocycles. The average molecular weight is 288 g/mol. The number of benzene rings is 1. The van der Waals surface area contributed by atoms with Gasteiger partial charge in [-0.15, -0.1) is 0 Å². The third kappa shape index (κ3) is 3.52. The van der Waals surface area contributed by atoms with E-state index < -0.39 is 0 Å². The first kappa shape index (κ1) is 14.7. The van der Waals surface area contributed by atoms with E-state index in [0.29, 0.717) is 6.04 Å². The number of hydrogen-bond donors (Lipinski definition) is 1. The van der Waals surface area contributed by atoms with E-state index in [1.54, 1.807) is 7.11 Å². The topological polar surface area (TPSA) is 24.5 Å². The number of anilines is 1. The monoisotopic (exact) mass is 288 g/mol. The van der Waals surface area contributed by atoms with E-state index in [-0.39, 0.29) is 0 Å². The van der Waals surface area contributed by atoms with E-state index in [4.69, 9.17) is 4.74 Å². The van der Waals surface area contributed by atoms with Crippen molar-refractivity contribution in [1.82, 2.24) is 5.32 Å². The zero-order valence-corrected chi connectivity index (χ0v) is 13.6. The number of hydrogen-bond acceptors (Lipinski definition) is 3. The molecule has 0 spiro atoms. The summed E-state index contributed by atoms with van der Waals surface area (Å²) in [7, 11) is 3.80. The molecule has 0 aliphatic heterocycles. The van der Waals surface area contributed by atoms with Crippen molar-refractivity contribution in [2.45, 2.75) is 38.6 Å². The first-order valence-corrected chi connectivity index (χ1v) is 8.32. The SMILES string of the molecule is CNC(C)c1c(OC)cccc1N(CC1CC1)CC1CC1. The van der Waals surface area contributed by atoms with Crippen LogP contribution in [0.2, 0.25) is 0 Å². The Kier molecular flexibility index (Phi) is 4.39. The van der Waals surface area contributed by atoms with Gasteiger partial charge in [0.1, 0.15) is 5.75 Å². The number of nitrogens with zero attached hydrogens (tertiary/aromatic N) is 1. The van der Waals surface area contributed by atoms with E-state index in [2.05, 4.69) is 35.3 Å². The van der Waals surface area contributed by atoms with Crippen molar-refractivity contribution in [3.8, 4) is 5.75 Å². The fourth-order valence-electron chi connectivity index (χ4n) is 3.06. The van der Waals surface area contributed by atoms with Crippen molar-refractivity contribution >= 4 is 5.69 Å². The molecule has 1 aromatic carbocycles. The molecule has 1 unspecified atom stereocenters. The van der Waals surface area contributed by atoms with Crippen LogP contribution in [0, 0.1) is 11.8 Å². The summed E-state index contributed by atoms with van der Waals surface area (Å²) in [6.45, 7) is 4.65. The summed E-state index contributed by atoms with van der Waals surface area (Å²) in [5, 5.41) is 3.38. The van der Waals surface area contributed by atoms with Crippen LogP contribution in [0.4, 0.5) is 5.69 Å². The van der Waals surface area contributed by atoms with Crippen molar-refractivity contribution in [2.24, 2.45) is 11.8 Å². The molecule has 2 aliphatic rings. The van der Waals surface area contributed by atoms with E-state index >= 15 is 0 Å². The molecule has 0 amide bonds. The van der Waals surface area contributed by atoms with Crippen LogP contribution in [0.5, 0.6) is 5.75 Å². The Morgan fingerprint density at radius 3 is 2.29 bits per heavy atom. The summed E-state index contributed by atoms with van der Waals surface area (Å²) in [6.07, 6.45) is 5.62. The third-order valence-corrected chi connectivity index (χ3v) is 4.82. The fraction of sp³-hybridized carbons (Fsp3) is 0.667. The molecule has 2 saturated carbocycles. The van der Waals surface area contributed by atoms with Gasteiger partial charge in [-0.05, 0) is 63.6 Å². The third-order valence-electron chi connectivity index (χ3n) is 4.82. The largest absolute Gasteiger partial charge is 0.496 e. The molecule has 0 heterocycles. The highest BCUT2D eigenvalue weighted by molar-refractivity contribution is 5.61. The van der Waals surface area contributed by atoms with E-state index in [1.165, 1.54) is 50.0 Å². The second kappa shape index (κ2) is 6.27. The van der Waals surface area contributed by atoms with Crippen LogP contribution in [0.25, 0.3) is 0 Å². The van der Waals surface area contributed by atoms with Gasteiger partial charge < -0.3 is 15.0 Å². The second-order valence-corrected chi connectivity index (χ2v) is 6.70. The molecule has 3 nitrogen and oxygen atoms in total. The summed E-state index contributed by atoms with van der Waals surface area (Å²) >= 11 is 0. The minimum Gasteiger partial charge on any atom is -0.496 e. The van der Waals surface area contributed by atoms with Crippen molar-refractivity contribution in [3.63, 3.8) is 0 Å². The van der Waals surface area contributed by atoms with Gasteiger partial charge in [0.2, 0.25) is 0 Å². The van der Waals surface area contributed by atoms with Crippen LogP contribution in [-0.2, 0) is 0 Å². The molecule has 1 atom stereocenters. The lowest BCUT2D eigenvalue weighted by Crippen LogP contribution is -2.30. The number of nitrogens with one attached hydrogen (secondary N) is 1. The smallest absolute Gasteiger partial charge is 0.125 e. The highest BCUT2D eigenvalue weighted by Crippen LogP contribution is 2.40. The van der Waals surface area contributed by atoms with Crippen LogP contribution in [-0.4, -0.2) is 27.2 Å². The van der Waals surface area contributed by atoms with E-state index in [1.807, 2.05) is 7.05 Å². The molecule has 3 heteroatoms. The van der Waals surface area contributed by atoms with Gasteiger partial charge in [-0.1, -0.05) is 6.07 Å². The minimum absolute atomic E-state index is 0.303. The summed E-state index contributed by atoms with van der Waals surface area (Å²) < 4.78 is 5.63. The minimum atomic E-state index is 0.303. The number of rotatable bonds is 8. The predicted molar refractivity (Wildman–Crippen MR) is 88.1 cm³/mol. The van der Waals surface area contributed by atoms with Gasteiger partial charge >= 0.3 is 0 Å². The maximum atomic E-state index is 5.63. The van der Waals surface area contributed by atoms with Gasteiger partial charge in [0, 0.05) is 30.4 Å². The van der Waals surface area contributed by atoms with Gasteiger partial charge in [0.15, 0.2) is 0 Å². The van der Waals surface area contributed by atoms with Crippen molar-refractivity contribution in [3.05, 3.63) is 23.8 Å². The Hall–Kier alpha value is -1.22. The standard InChI is InChI=1S/C18H28N2O/c1-13(19-2)18-16(5-4-6-17(18)21-3)20(11-14-7-8-14)12-15-9-10-15/h4-6,13-15,19H,7-12H2,1-3H3. The first-order valence-electron chi connectivity index (χ1n) is 8.32. The lowest BCUT2D eigenvalue weighted by Gasteiger charge is -2.30. The fourth-order valence-corrected chi connectivity index (χ4v) is 3.06. The van der Waals surface area contributed by atoms with Gasteiger partial charge in [0.25, 0.3) is 0 Å². The summed E-state index contributed by atoms with van der Waals surface area (Å²) in [6, 6.07) is 6.79. The van der Waals surface area contributed by atoms with Gasteiger partial charge in [-0.25, -0.2) is 0 Å². The van der Waals surface area contributed by atoms with Crippen LogP contribution in [0.1, 0.15) is 44.2 Å². The first-order chi connectivity index (χ1) is 10.2. The summed E-state index contributed by atoms with van der Waals surface area (Å²) in [5.74, 6) is 2.83. The average Bonchev–Trinajstić information content (AvgIpc) is 3.40. The molecule has 0 radical (unpaired) electrons. The van der Waals surface area contributed by atoms with Crippen LogP contribution < -0.4 is 15.0 Å². The lowest BCUT2D eigenvalue weighted by atomic mass is 10.0. The van der Waals surface area contributed by atoms with Crippen LogP contribution in [0.15, 0.2) is 18.2 Å². The molecule has 0 bridgehead atoms. The maximum Gasteiger partial charge on any atom is 0.125 e. The number of ether oxygens (including phenoxy) is 1. The van der Waals surface area contributed by atoms with Gasteiger partial charge in [-0.2, -0.15) is 0 Å². The Balaban J connectivity index is 1.91. The summed E-state index contributed by atoms with van der Waals surface area (Å²) in [4.78, 5) is 2.63. The molecule has 116 valence electrons. The zero-order chi connectivity index (χ0) is 14.8. The molecule has 1 aromatic rings. The molecule has 21 heavy (non-hydrogen) atoms. The molecule has 1 N–H and O–H groups in total. The molecule has 2 fully saturated rings. The van der Waals surface area contributed by atoms with E-state index in [9.17, 15) is 0 Å². The number of methoxy groups -OCH3 is 1. The molecule has 2 aliphatic carbocycles. The second-order valence-electron chi connectivity index (χ2n) is 6.70. The predicted octanol–water partition coefficient (Wildman–Crippen LogP) is 3.60. The van der Waals surface area contributed by atoms with Gasteiger partial charge in [-0.3, -0.25) is 0 Å². The molecule has 3 rings (SSSR count).